The van der Waals surface area contributed by atoms with E-state index in [0.717, 1.165) is 11.3 Å². The first-order valence-corrected chi connectivity index (χ1v) is 9.96. The molecule has 2 aromatic carbocycles. The zero-order chi connectivity index (χ0) is 22.3. The standard InChI is InChI=1S/C23H22N4O5/c1-29-19-10-9-17(12-20(19)30-2)23-25-21(32-26-23)15-31-22(28)11-8-16-13-24-27(14-16)18-6-4-3-5-7-18/h3-7,9-10,12-14H,8,11,15H2,1-2H3. The van der Waals surface area contributed by atoms with E-state index in [2.05, 4.69) is 15.2 Å². The third-order valence-electron chi connectivity index (χ3n) is 4.74. The summed E-state index contributed by atoms with van der Waals surface area (Å²) in [6.07, 6.45) is 4.38. The average Bonchev–Trinajstić information content (AvgIpc) is 3.51. The Kier molecular flexibility index (Phi) is 6.45. The highest BCUT2D eigenvalue weighted by atomic mass is 16.6. The van der Waals surface area contributed by atoms with Gasteiger partial charge in [-0.2, -0.15) is 10.1 Å². The number of hydrogen-bond donors (Lipinski definition) is 0. The highest BCUT2D eigenvalue weighted by Gasteiger charge is 2.14. The molecule has 0 aliphatic heterocycles. The van der Waals surface area contributed by atoms with Crippen LogP contribution in [0.25, 0.3) is 17.1 Å². The molecule has 0 atom stereocenters. The first-order valence-electron chi connectivity index (χ1n) is 9.96. The first kappa shape index (κ1) is 21.1. The van der Waals surface area contributed by atoms with Gasteiger partial charge >= 0.3 is 5.97 Å². The zero-order valence-corrected chi connectivity index (χ0v) is 17.7. The number of rotatable bonds is 9. The number of ether oxygens (including phenoxy) is 3. The van der Waals surface area contributed by atoms with Crippen LogP contribution in [0, 0.1) is 0 Å². The van der Waals surface area contributed by atoms with Gasteiger partial charge in [0.25, 0.3) is 5.89 Å². The molecule has 0 aliphatic carbocycles. The van der Waals surface area contributed by atoms with Crippen molar-refractivity contribution in [1.29, 1.82) is 0 Å². The highest BCUT2D eigenvalue weighted by Crippen LogP contribution is 2.31. The summed E-state index contributed by atoms with van der Waals surface area (Å²) in [5, 5.41) is 8.26. The van der Waals surface area contributed by atoms with Crippen LogP contribution in [-0.4, -0.2) is 40.1 Å². The monoisotopic (exact) mass is 434 g/mol. The molecule has 0 amide bonds. The van der Waals surface area contributed by atoms with E-state index in [1.807, 2.05) is 36.5 Å². The molecule has 9 heteroatoms. The molecule has 32 heavy (non-hydrogen) atoms. The number of methoxy groups -OCH3 is 2. The summed E-state index contributed by atoms with van der Waals surface area (Å²) in [5.74, 6) is 1.37. The second-order valence-corrected chi connectivity index (χ2v) is 6.87. The minimum absolute atomic E-state index is 0.0948. The Morgan fingerprint density at radius 1 is 1.06 bits per heavy atom. The van der Waals surface area contributed by atoms with Gasteiger partial charge in [0.15, 0.2) is 18.1 Å². The SMILES string of the molecule is COc1ccc(-c2noc(COC(=O)CCc3cnn(-c4ccccc4)c3)n2)cc1OC. The zero-order valence-electron chi connectivity index (χ0n) is 17.7. The van der Waals surface area contributed by atoms with Gasteiger partial charge in [0.05, 0.1) is 26.1 Å². The van der Waals surface area contributed by atoms with Crippen molar-refractivity contribution in [3.05, 3.63) is 72.4 Å². The number of hydrogen-bond acceptors (Lipinski definition) is 8. The third kappa shape index (κ3) is 4.94. The van der Waals surface area contributed by atoms with E-state index in [1.54, 1.807) is 43.3 Å². The molecule has 9 nitrogen and oxygen atoms in total. The summed E-state index contributed by atoms with van der Waals surface area (Å²) in [4.78, 5) is 16.4. The lowest BCUT2D eigenvalue weighted by atomic mass is 10.2. The van der Waals surface area contributed by atoms with Crippen LogP contribution in [0.15, 0.2) is 65.4 Å². The Morgan fingerprint density at radius 2 is 1.88 bits per heavy atom. The average molecular weight is 434 g/mol. The molecule has 0 radical (unpaired) electrons. The molecule has 0 saturated carbocycles. The fourth-order valence-electron chi connectivity index (χ4n) is 3.08. The minimum atomic E-state index is -0.358. The van der Waals surface area contributed by atoms with Gasteiger partial charge in [-0.3, -0.25) is 4.79 Å². The Hall–Kier alpha value is -4.14. The Morgan fingerprint density at radius 3 is 2.66 bits per heavy atom. The number of esters is 1. The number of aromatic nitrogens is 4. The maximum atomic E-state index is 12.1. The van der Waals surface area contributed by atoms with Gasteiger partial charge in [-0.05, 0) is 42.3 Å². The molecular weight excluding hydrogens is 412 g/mol. The molecular formula is C23H22N4O5. The Bertz CT molecular complexity index is 1190. The van der Waals surface area contributed by atoms with Crippen LogP contribution < -0.4 is 9.47 Å². The number of carbonyl (C=O) groups excluding carboxylic acids is 1. The van der Waals surface area contributed by atoms with Crippen molar-refractivity contribution in [2.75, 3.05) is 14.2 Å². The van der Waals surface area contributed by atoms with Gasteiger partial charge in [0.2, 0.25) is 5.82 Å². The van der Waals surface area contributed by atoms with Crippen molar-refractivity contribution in [3.63, 3.8) is 0 Å². The maximum absolute atomic E-state index is 12.1. The summed E-state index contributed by atoms with van der Waals surface area (Å²) in [6.45, 7) is -0.0948. The van der Waals surface area contributed by atoms with Crippen molar-refractivity contribution in [1.82, 2.24) is 19.9 Å². The number of nitrogens with zero attached hydrogens (tertiary/aromatic N) is 4. The van der Waals surface area contributed by atoms with Gasteiger partial charge in [-0.1, -0.05) is 23.4 Å². The van der Waals surface area contributed by atoms with Gasteiger partial charge in [-0.15, -0.1) is 0 Å². The van der Waals surface area contributed by atoms with Crippen LogP contribution >= 0.6 is 0 Å². The summed E-state index contributed by atoms with van der Waals surface area (Å²) < 4.78 is 22.7. The number of benzene rings is 2. The molecule has 0 spiro atoms. The summed E-state index contributed by atoms with van der Waals surface area (Å²) in [7, 11) is 3.11. The van der Waals surface area contributed by atoms with Crippen LogP contribution in [0.2, 0.25) is 0 Å². The number of carbonyl (C=O) groups is 1. The van der Waals surface area contributed by atoms with Crippen molar-refractivity contribution < 1.29 is 23.5 Å². The van der Waals surface area contributed by atoms with E-state index in [1.165, 1.54) is 0 Å². The minimum Gasteiger partial charge on any atom is -0.493 e. The lowest BCUT2D eigenvalue weighted by Crippen LogP contribution is -2.06. The Labute approximate surface area is 184 Å². The van der Waals surface area contributed by atoms with Crippen LogP contribution in [0.3, 0.4) is 0 Å². The molecule has 0 bridgehead atoms. The molecule has 0 fully saturated rings. The fourth-order valence-corrected chi connectivity index (χ4v) is 3.08. The van der Waals surface area contributed by atoms with Crippen molar-refractivity contribution in [2.24, 2.45) is 0 Å². The van der Waals surface area contributed by atoms with Gasteiger partial charge in [-0.25, -0.2) is 4.68 Å². The normalized spacial score (nSPS) is 10.7. The van der Waals surface area contributed by atoms with Crippen molar-refractivity contribution >= 4 is 5.97 Å². The van der Waals surface area contributed by atoms with Crippen LogP contribution in [0.5, 0.6) is 11.5 Å². The highest BCUT2D eigenvalue weighted by molar-refractivity contribution is 5.69. The van der Waals surface area contributed by atoms with Crippen LogP contribution in [0.4, 0.5) is 0 Å². The quantitative estimate of drug-likeness (QED) is 0.368. The predicted octanol–water partition coefficient (Wildman–Crippen LogP) is 3.62. The summed E-state index contributed by atoms with van der Waals surface area (Å²) >= 11 is 0. The van der Waals surface area contributed by atoms with Crippen LogP contribution in [0.1, 0.15) is 17.9 Å². The molecule has 0 aliphatic rings. The maximum Gasteiger partial charge on any atom is 0.306 e. The first-order chi connectivity index (χ1) is 15.7. The molecule has 4 aromatic rings. The fraction of sp³-hybridized carbons (Fsp3) is 0.217. The second-order valence-electron chi connectivity index (χ2n) is 6.87. The predicted molar refractivity (Wildman–Crippen MR) is 115 cm³/mol. The molecule has 4 rings (SSSR count). The van der Waals surface area contributed by atoms with E-state index < -0.39 is 0 Å². The molecule has 164 valence electrons. The summed E-state index contributed by atoms with van der Waals surface area (Å²) in [5.41, 5.74) is 2.60. The lowest BCUT2D eigenvalue weighted by Gasteiger charge is -2.07. The second kappa shape index (κ2) is 9.78. The van der Waals surface area contributed by atoms with Crippen LogP contribution in [-0.2, 0) is 22.6 Å². The van der Waals surface area contributed by atoms with Gasteiger partial charge in [0, 0.05) is 18.2 Å². The van der Waals surface area contributed by atoms with E-state index in [-0.39, 0.29) is 24.9 Å². The Balaban J connectivity index is 1.29. The number of para-hydroxylation sites is 1. The molecule has 0 N–H and O–H groups in total. The smallest absolute Gasteiger partial charge is 0.306 e. The molecule has 2 aromatic heterocycles. The molecule has 2 heterocycles. The topological polar surface area (TPSA) is 102 Å². The third-order valence-corrected chi connectivity index (χ3v) is 4.74. The number of aryl methyl sites for hydroxylation is 1. The van der Waals surface area contributed by atoms with Gasteiger partial charge in [0.1, 0.15) is 0 Å². The molecule has 0 unspecified atom stereocenters. The molecule has 0 saturated heterocycles. The largest absolute Gasteiger partial charge is 0.493 e. The van der Waals surface area contributed by atoms with E-state index in [0.29, 0.717) is 29.3 Å². The van der Waals surface area contributed by atoms with E-state index >= 15 is 0 Å². The summed E-state index contributed by atoms with van der Waals surface area (Å²) in [6, 6.07) is 15.1. The van der Waals surface area contributed by atoms with Crippen molar-refractivity contribution in [2.45, 2.75) is 19.4 Å². The van der Waals surface area contributed by atoms with Gasteiger partial charge < -0.3 is 18.7 Å². The van der Waals surface area contributed by atoms with E-state index in [9.17, 15) is 4.79 Å². The van der Waals surface area contributed by atoms with Crippen molar-refractivity contribution in [3.8, 4) is 28.6 Å². The van der Waals surface area contributed by atoms with E-state index in [4.69, 9.17) is 18.7 Å². The lowest BCUT2D eigenvalue weighted by molar-refractivity contribution is -0.145.